The molecule has 172 valence electrons. The quantitative estimate of drug-likeness (QED) is 0.441. The number of phenols is 1. The van der Waals surface area contributed by atoms with Crippen molar-refractivity contribution in [2.75, 3.05) is 18.5 Å². The first kappa shape index (κ1) is 21.7. The zero-order chi connectivity index (χ0) is 22.9. The van der Waals surface area contributed by atoms with Crippen LogP contribution in [0.5, 0.6) is 5.75 Å². The number of nitrogens with one attached hydrogen (secondary N) is 3. The fraction of sp³-hybridized carbons (Fsp3) is 0.375. The van der Waals surface area contributed by atoms with Crippen molar-refractivity contribution in [1.82, 2.24) is 15.5 Å². The predicted octanol–water partition coefficient (Wildman–Crippen LogP) is 3.80. The third kappa shape index (κ3) is 4.38. The number of aromatic nitrogens is 2. The number of anilines is 1. The summed E-state index contributed by atoms with van der Waals surface area (Å²) in [5.74, 6) is -0.447. The van der Waals surface area contributed by atoms with Crippen molar-refractivity contribution in [3.63, 3.8) is 0 Å². The van der Waals surface area contributed by atoms with Gasteiger partial charge in [0.15, 0.2) is 0 Å². The zero-order valence-corrected chi connectivity index (χ0v) is 19.2. The molecule has 1 aliphatic carbocycles. The van der Waals surface area contributed by atoms with Gasteiger partial charge in [0.25, 0.3) is 11.8 Å². The van der Waals surface area contributed by atoms with Crippen LogP contribution in [0.4, 0.5) is 5.00 Å². The lowest BCUT2D eigenvalue weighted by atomic mass is 10.1. The monoisotopic (exact) mass is 466 g/mol. The maximum absolute atomic E-state index is 13.1. The molecule has 0 radical (unpaired) electrons. The number of hydrogen-bond acceptors (Lipinski definition) is 6. The second kappa shape index (κ2) is 8.99. The van der Waals surface area contributed by atoms with E-state index in [1.807, 2.05) is 13.0 Å². The third-order valence-electron chi connectivity index (χ3n) is 6.14. The molecule has 0 bridgehead atoms. The van der Waals surface area contributed by atoms with Crippen LogP contribution in [0.2, 0.25) is 0 Å². The normalized spacial score (nSPS) is 17.2. The molecule has 33 heavy (non-hydrogen) atoms. The molecular weight excluding hydrogens is 440 g/mol. The molecule has 5 rings (SSSR count). The molecule has 0 unspecified atom stereocenters. The fourth-order valence-electron chi connectivity index (χ4n) is 4.44. The second-order valence-electron chi connectivity index (χ2n) is 8.55. The Kier molecular flexibility index (Phi) is 5.90. The van der Waals surface area contributed by atoms with Gasteiger partial charge in [0, 0.05) is 23.6 Å². The number of aryl methyl sites for hydroxylation is 2. The van der Waals surface area contributed by atoms with E-state index >= 15 is 0 Å². The Balaban J connectivity index is 1.34. The molecule has 0 saturated carbocycles. The van der Waals surface area contributed by atoms with Gasteiger partial charge in [-0.2, -0.15) is 5.10 Å². The van der Waals surface area contributed by atoms with Crippen molar-refractivity contribution in [3.8, 4) is 17.0 Å². The number of H-pyrrole nitrogens is 1. The standard InChI is InChI=1S/C24H26N4O4S/c1-13-7-8-15(19(29)10-13)17-11-18(28-27-17)22(30)26-24-21(16-5-2-6-20(16)33-24)23(31)25-12-14-4-3-9-32-14/h7-8,10-11,14,29H,2-6,9,12H2,1H3,(H,25,31)(H,26,30)(H,27,28)/t14-/m1/s1. The van der Waals surface area contributed by atoms with Crippen LogP contribution in [0.15, 0.2) is 24.3 Å². The van der Waals surface area contributed by atoms with E-state index < -0.39 is 0 Å². The molecule has 4 N–H and O–H groups in total. The van der Waals surface area contributed by atoms with Crippen LogP contribution < -0.4 is 10.6 Å². The minimum absolute atomic E-state index is 0.0558. The number of phenolic OH excluding ortho intramolecular Hbond substituents is 1. The zero-order valence-electron chi connectivity index (χ0n) is 18.4. The highest BCUT2D eigenvalue weighted by Crippen LogP contribution is 2.39. The summed E-state index contributed by atoms with van der Waals surface area (Å²) in [7, 11) is 0. The van der Waals surface area contributed by atoms with Crippen molar-refractivity contribution in [3.05, 3.63) is 51.5 Å². The van der Waals surface area contributed by atoms with Gasteiger partial charge < -0.3 is 20.5 Å². The van der Waals surface area contributed by atoms with Crippen molar-refractivity contribution < 1.29 is 19.4 Å². The fourth-order valence-corrected chi connectivity index (χ4v) is 5.72. The maximum Gasteiger partial charge on any atom is 0.274 e. The average Bonchev–Trinajstić information content (AvgIpc) is 3.56. The predicted molar refractivity (Wildman–Crippen MR) is 126 cm³/mol. The molecule has 1 aromatic carbocycles. The minimum atomic E-state index is -0.381. The summed E-state index contributed by atoms with van der Waals surface area (Å²) in [5.41, 5.74) is 3.80. The van der Waals surface area contributed by atoms with E-state index in [1.165, 1.54) is 11.3 Å². The van der Waals surface area contributed by atoms with Gasteiger partial charge >= 0.3 is 0 Å². The van der Waals surface area contributed by atoms with E-state index in [0.717, 1.165) is 54.7 Å². The number of aromatic hydroxyl groups is 1. The molecule has 0 spiro atoms. The number of rotatable bonds is 6. The average molecular weight is 467 g/mol. The minimum Gasteiger partial charge on any atom is -0.507 e. The van der Waals surface area contributed by atoms with Gasteiger partial charge in [-0.1, -0.05) is 6.07 Å². The number of ether oxygens (including phenoxy) is 1. The summed E-state index contributed by atoms with van der Waals surface area (Å²) in [6.07, 6.45) is 4.80. The number of carbonyl (C=O) groups excluding carboxylic acids is 2. The highest BCUT2D eigenvalue weighted by atomic mass is 32.1. The molecule has 2 amide bonds. The topological polar surface area (TPSA) is 116 Å². The number of hydrogen-bond donors (Lipinski definition) is 4. The van der Waals surface area contributed by atoms with E-state index in [-0.39, 0.29) is 29.4 Å². The van der Waals surface area contributed by atoms with Gasteiger partial charge in [-0.25, -0.2) is 0 Å². The number of carbonyl (C=O) groups is 2. The Morgan fingerprint density at radius 2 is 2.12 bits per heavy atom. The maximum atomic E-state index is 13.1. The third-order valence-corrected chi connectivity index (χ3v) is 7.35. The molecule has 1 fully saturated rings. The molecule has 2 aromatic heterocycles. The summed E-state index contributed by atoms with van der Waals surface area (Å²) in [5, 5.41) is 23.6. The van der Waals surface area contributed by atoms with Gasteiger partial charge in [-0.3, -0.25) is 14.7 Å². The first-order valence-electron chi connectivity index (χ1n) is 11.2. The molecular formula is C24H26N4O4S. The van der Waals surface area contributed by atoms with Gasteiger partial charge in [-0.15, -0.1) is 11.3 Å². The summed E-state index contributed by atoms with van der Waals surface area (Å²) >= 11 is 1.47. The Hall–Kier alpha value is -3.17. The van der Waals surface area contributed by atoms with Gasteiger partial charge in [0.05, 0.1) is 17.4 Å². The smallest absolute Gasteiger partial charge is 0.274 e. The first-order chi connectivity index (χ1) is 16.0. The van der Waals surface area contributed by atoms with E-state index in [0.29, 0.717) is 28.4 Å². The van der Waals surface area contributed by atoms with E-state index in [1.54, 1.807) is 18.2 Å². The number of nitrogens with zero attached hydrogens (tertiary/aromatic N) is 1. The van der Waals surface area contributed by atoms with Crippen LogP contribution >= 0.6 is 11.3 Å². The van der Waals surface area contributed by atoms with Crippen LogP contribution in [0.1, 0.15) is 56.1 Å². The highest BCUT2D eigenvalue weighted by molar-refractivity contribution is 7.17. The van der Waals surface area contributed by atoms with E-state index in [2.05, 4.69) is 20.8 Å². The summed E-state index contributed by atoms with van der Waals surface area (Å²) in [6, 6.07) is 6.89. The lowest BCUT2D eigenvalue weighted by Gasteiger charge is -2.12. The lowest BCUT2D eigenvalue weighted by Crippen LogP contribution is -2.32. The Bertz CT molecular complexity index is 1210. The molecule has 2 aliphatic rings. The van der Waals surface area contributed by atoms with Gasteiger partial charge in [0.1, 0.15) is 16.4 Å². The van der Waals surface area contributed by atoms with Crippen LogP contribution in [-0.4, -0.2) is 46.4 Å². The summed E-state index contributed by atoms with van der Waals surface area (Å²) in [4.78, 5) is 27.2. The van der Waals surface area contributed by atoms with Crippen molar-refractivity contribution in [1.29, 1.82) is 0 Å². The molecule has 3 heterocycles. The summed E-state index contributed by atoms with van der Waals surface area (Å²) < 4.78 is 5.61. The Morgan fingerprint density at radius 1 is 1.24 bits per heavy atom. The Labute approximate surface area is 195 Å². The second-order valence-corrected chi connectivity index (χ2v) is 9.65. The van der Waals surface area contributed by atoms with E-state index in [9.17, 15) is 14.7 Å². The van der Waals surface area contributed by atoms with Crippen molar-refractivity contribution >= 4 is 28.2 Å². The highest BCUT2D eigenvalue weighted by Gasteiger charge is 2.28. The van der Waals surface area contributed by atoms with Gasteiger partial charge in [-0.05, 0) is 68.4 Å². The SMILES string of the molecule is Cc1ccc(-c2cc(C(=O)Nc3sc4c(c3C(=O)NC[C@H]3CCCO3)CCC4)[nH]n2)c(O)c1. The lowest BCUT2D eigenvalue weighted by molar-refractivity contribution is 0.0858. The first-order valence-corrected chi connectivity index (χ1v) is 12.0. The largest absolute Gasteiger partial charge is 0.507 e. The van der Waals surface area contributed by atoms with Crippen LogP contribution in [0, 0.1) is 6.92 Å². The number of amides is 2. The summed E-state index contributed by atoms with van der Waals surface area (Å²) in [6.45, 7) is 3.10. The molecule has 9 heteroatoms. The molecule has 1 saturated heterocycles. The molecule has 1 atom stereocenters. The molecule has 1 aliphatic heterocycles. The number of aromatic amines is 1. The number of thiophene rings is 1. The van der Waals surface area contributed by atoms with E-state index in [4.69, 9.17) is 4.74 Å². The van der Waals surface area contributed by atoms with Gasteiger partial charge in [0.2, 0.25) is 0 Å². The number of benzene rings is 1. The van der Waals surface area contributed by atoms with Crippen molar-refractivity contribution in [2.45, 2.75) is 45.1 Å². The van der Waals surface area contributed by atoms with Crippen LogP contribution in [-0.2, 0) is 17.6 Å². The van der Waals surface area contributed by atoms with Crippen LogP contribution in [0.3, 0.4) is 0 Å². The number of fused-ring (bicyclic) bond motifs is 1. The molecule has 8 nitrogen and oxygen atoms in total. The van der Waals surface area contributed by atoms with Crippen LogP contribution in [0.25, 0.3) is 11.3 Å². The Morgan fingerprint density at radius 3 is 2.91 bits per heavy atom. The van der Waals surface area contributed by atoms with Crippen molar-refractivity contribution in [2.24, 2.45) is 0 Å². The molecule has 3 aromatic rings.